The van der Waals surface area contributed by atoms with Crippen molar-refractivity contribution in [3.8, 4) is 0 Å². The summed E-state index contributed by atoms with van der Waals surface area (Å²) in [6.45, 7) is 3.62. The summed E-state index contributed by atoms with van der Waals surface area (Å²) in [5, 5.41) is 17.9. The fourth-order valence-corrected chi connectivity index (χ4v) is 4.90. The fourth-order valence-electron chi connectivity index (χ4n) is 4.90. The number of halogens is 3. The summed E-state index contributed by atoms with van der Waals surface area (Å²) in [4.78, 5) is 33.4. The largest absolute Gasteiger partial charge is 0.658 e. The van der Waals surface area contributed by atoms with Crippen LogP contribution in [0.15, 0.2) is 66.7 Å². The van der Waals surface area contributed by atoms with Crippen molar-refractivity contribution in [2.45, 2.75) is 70.7 Å². The molecule has 0 aliphatic carbocycles. The van der Waals surface area contributed by atoms with Crippen LogP contribution < -0.4 is 5.32 Å². The van der Waals surface area contributed by atoms with Crippen LogP contribution >= 0.6 is 23.3 Å². The molecule has 0 saturated carbocycles. The van der Waals surface area contributed by atoms with Crippen LogP contribution in [-0.2, 0) is 80.4 Å². The van der Waals surface area contributed by atoms with E-state index in [1.54, 1.807) is 6.07 Å². The van der Waals surface area contributed by atoms with E-state index in [0.29, 0.717) is 31.5 Å². The zero-order chi connectivity index (χ0) is 36.2. The third kappa shape index (κ3) is 17.7. The molecule has 273 valence electrons. The van der Waals surface area contributed by atoms with Crippen LogP contribution in [0, 0.1) is 0 Å². The summed E-state index contributed by atoms with van der Waals surface area (Å²) in [6, 6.07) is 19.9. The quantitative estimate of drug-likeness (QED) is 0.0515. The number of aliphatic hydroxyl groups is 1. The second-order valence-electron chi connectivity index (χ2n) is 10.8. The van der Waals surface area contributed by atoms with Crippen LogP contribution in [0.1, 0.15) is 49.8 Å². The van der Waals surface area contributed by atoms with E-state index in [1.165, 1.54) is 42.3 Å². The number of alkyl carbamates (subject to hydrolysis) is 1. The topological polar surface area (TPSA) is 134 Å². The van der Waals surface area contributed by atoms with Crippen molar-refractivity contribution in [1.29, 1.82) is 0 Å². The molecule has 3 aromatic rings. The van der Waals surface area contributed by atoms with E-state index in [-0.39, 0.29) is 58.9 Å². The number of fused-ring (bicyclic) bond motifs is 1. The summed E-state index contributed by atoms with van der Waals surface area (Å²) in [6.07, 6.45) is -5.15. The summed E-state index contributed by atoms with van der Waals surface area (Å²) in [7, 11) is 0. The van der Waals surface area contributed by atoms with Gasteiger partial charge in [-0.25, -0.2) is 4.79 Å². The Kier molecular flexibility index (Phi) is 22.6. The van der Waals surface area contributed by atoms with Gasteiger partial charge in [-0.1, -0.05) is 72.6 Å². The second-order valence-corrected chi connectivity index (χ2v) is 10.8. The molecule has 1 fully saturated rings. The molecule has 1 aliphatic heterocycles. The molecule has 16 heteroatoms. The molecule has 1 radical (unpaired) electrons. The predicted octanol–water partition coefficient (Wildman–Crippen LogP) is 6.83. The molecule has 2 N–H and O–H groups in total. The molecule has 1 aliphatic rings. The van der Waals surface area contributed by atoms with E-state index >= 15 is 0 Å². The van der Waals surface area contributed by atoms with Crippen LogP contribution in [0.5, 0.6) is 0 Å². The standard InChI is InChI=1S/C21H19F3N.C13H21NO8.H2S2.Y/c22-21(23,24)19-11-3-6-16(14-19)7-5-13-25-15-18-10-4-9-17-8-1-2-12-20(17)18;1-8(16)19-7-11-5-10(20-9(2)17)6-12(21-11)22-13(18)14-3-4-15;1-2;/h1-4,6,8-12,14H,5,7,13,15H2;10-12,15H,3-7H2,1-2H3,(H,14,18);1-2H;/q-1;;;. The average Bonchev–Trinajstić information content (AvgIpc) is 3.07. The predicted molar refractivity (Wildman–Crippen MR) is 185 cm³/mol. The maximum Gasteiger partial charge on any atom is 0.416 e. The zero-order valence-electron chi connectivity index (χ0n) is 27.8. The first-order chi connectivity index (χ1) is 23.4. The minimum absolute atomic E-state index is 0. The van der Waals surface area contributed by atoms with Gasteiger partial charge in [0.15, 0.2) is 0 Å². The van der Waals surface area contributed by atoms with Gasteiger partial charge in [0.2, 0.25) is 6.29 Å². The number of thiol groups is 2. The van der Waals surface area contributed by atoms with Crippen molar-refractivity contribution in [2.75, 3.05) is 26.3 Å². The molecule has 0 spiro atoms. The third-order valence-corrected chi connectivity index (χ3v) is 6.95. The number of hydrogen-bond donors (Lipinski definition) is 4. The number of esters is 2. The number of nitrogens with one attached hydrogen (secondary N) is 1. The maximum absolute atomic E-state index is 12.7. The molecular formula is C34H42F3N2O8S2Y-. The number of aliphatic hydroxyl groups excluding tert-OH is 1. The van der Waals surface area contributed by atoms with Gasteiger partial charge in [-0.3, -0.25) is 9.59 Å². The summed E-state index contributed by atoms with van der Waals surface area (Å²) >= 11 is 6.44. The number of alkyl halides is 3. The SMILES string of the molecule is CC(=O)OCC1CC(OC(C)=O)CC(OC(=O)NCCO)O1.FC(F)(F)c1cccc(CCC[N-]Cc2cccc3ccccc23)c1.SS.[Y]. The maximum atomic E-state index is 12.7. The van der Waals surface area contributed by atoms with Crippen LogP contribution in [0.3, 0.4) is 0 Å². The van der Waals surface area contributed by atoms with Crippen LogP contribution in [0.2, 0.25) is 0 Å². The average molecular weight is 817 g/mol. The Morgan fingerprint density at radius 1 is 0.980 bits per heavy atom. The number of nitrogens with zero attached hydrogens (tertiary/aromatic N) is 1. The number of ether oxygens (including phenoxy) is 4. The molecular weight excluding hydrogens is 774 g/mol. The van der Waals surface area contributed by atoms with Crippen molar-refractivity contribution < 1.29 is 84.3 Å². The molecule has 1 saturated heterocycles. The van der Waals surface area contributed by atoms with Crippen LogP contribution in [0.4, 0.5) is 18.0 Å². The van der Waals surface area contributed by atoms with Gasteiger partial charge in [-0.15, -0.1) is 36.4 Å². The second kappa shape index (κ2) is 24.7. The van der Waals surface area contributed by atoms with Gasteiger partial charge in [0.05, 0.1) is 18.3 Å². The number of aryl methyl sites for hydroxylation is 1. The van der Waals surface area contributed by atoms with Crippen molar-refractivity contribution in [2.24, 2.45) is 0 Å². The van der Waals surface area contributed by atoms with E-state index in [9.17, 15) is 27.6 Å². The van der Waals surface area contributed by atoms with Gasteiger partial charge >= 0.3 is 24.2 Å². The number of amides is 1. The Hall–Kier alpha value is -2.40. The van der Waals surface area contributed by atoms with Crippen molar-refractivity contribution in [3.05, 3.63) is 88.7 Å². The van der Waals surface area contributed by atoms with Crippen LogP contribution in [0.25, 0.3) is 16.1 Å². The first-order valence-corrected chi connectivity index (χ1v) is 17.0. The Bertz CT molecular complexity index is 1470. The Morgan fingerprint density at radius 2 is 1.68 bits per heavy atom. The molecule has 1 amide bonds. The van der Waals surface area contributed by atoms with E-state index in [4.69, 9.17) is 24.1 Å². The molecule has 0 bridgehead atoms. The van der Waals surface area contributed by atoms with Crippen molar-refractivity contribution >= 4 is 52.1 Å². The minimum Gasteiger partial charge on any atom is -0.658 e. The molecule has 3 atom stereocenters. The van der Waals surface area contributed by atoms with Gasteiger partial charge in [0, 0.05) is 65.9 Å². The normalized spacial score (nSPS) is 16.7. The van der Waals surface area contributed by atoms with E-state index in [0.717, 1.165) is 12.5 Å². The van der Waals surface area contributed by atoms with Gasteiger partial charge in [0.1, 0.15) is 12.7 Å². The molecule has 0 aromatic heterocycles. The monoisotopic (exact) mass is 816 g/mol. The first-order valence-electron chi connectivity index (χ1n) is 15.4. The van der Waals surface area contributed by atoms with E-state index < -0.39 is 48.3 Å². The number of hydrogen-bond acceptors (Lipinski definition) is 10. The first kappa shape index (κ1) is 45.6. The van der Waals surface area contributed by atoms with Crippen LogP contribution in [-0.4, -0.2) is 67.9 Å². The van der Waals surface area contributed by atoms with Crippen molar-refractivity contribution in [1.82, 2.24) is 5.32 Å². The summed E-state index contributed by atoms with van der Waals surface area (Å²) in [5.74, 6) is -0.919. The molecule has 3 aromatic carbocycles. The van der Waals surface area contributed by atoms with E-state index in [1.807, 2.05) is 18.2 Å². The Balaban J connectivity index is 0.000000472. The summed E-state index contributed by atoms with van der Waals surface area (Å²) < 4.78 is 58.6. The Labute approximate surface area is 325 Å². The molecule has 10 nitrogen and oxygen atoms in total. The van der Waals surface area contributed by atoms with E-state index in [2.05, 4.69) is 58.2 Å². The fraction of sp³-hybridized carbons (Fsp3) is 0.441. The number of carbonyl (C=O) groups is 3. The van der Waals surface area contributed by atoms with Gasteiger partial charge < -0.3 is 34.7 Å². The smallest absolute Gasteiger partial charge is 0.416 e. The minimum atomic E-state index is -4.28. The zero-order valence-corrected chi connectivity index (χ0v) is 32.4. The van der Waals surface area contributed by atoms with Gasteiger partial charge in [0.25, 0.3) is 0 Å². The van der Waals surface area contributed by atoms with Gasteiger partial charge in [-0.05, 0) is 28.8 Å². The summed E-state index contributed by atoms with van der Waals surface area (Å²) in [5.41, 5.74) is 1.30. The molecule has 4 rings (SSSR count). The molecule has 1 heterocycles. The van der Waals surface area contributed by atoms with Gasteiger partial charge in [-0.2, -0.15) is 13.2 Å². The number of carbonyl (C=O) groups excluding carboxylic acids is 3. The Morgan fingerprint density at radius 3 is 2.36 bits per heavy atom. The molecule has 50 heavy (non-hydrogen) atoms. The van der Waals surface area contributed by atoms with Crippen molar-refractivity contribution in [3.63, 3.8) is 0 Å². The third-order valence-electron chi connectivity index (χ3n) is 6.95. The number of benzene rings is 3. The number of rotatable bonds is 12. The molecule has 3 unspecified atom stereocenters.